The van der Waals surface area contributed by atoms with E-state index in [-0.39, 0.29) is 5.92 Å². The number of nitrogens with two attached hydrogens (primary N) is 1. The van der Waals surface area contributed by atoms with Gasteiger partial charge in [0, 0.05) is 0 Å². The molecule has 3 N–H and O–H groups in total. The highest BCUT2D eigenvalue weighted by molar-refractivity contribution is 5.82. The zero-order valence-corrected chi connectivity index (χ0v) is 4.72. The van der Waals surface area contributed by atoms with Crippen LogP contribution < -0.4 is 5.73 Å². The van der Waals surface area contributed by atoms with Crippen LogP contribution in [0, 0.1) is 5.92 Å². The highest BCUT2D eigenvalue weighted by Gasteiger charge is 2.54. The van der Waals surface area contributed by atoms with Crippen LogP contribution in [0.3, 0.4) is 0 Å². The topological polar surface area (TPSA) is 63.3 Å². The van der Waals surface area contributed by atoms with Crippen LogP contribution in [0.15, 0.2) is 0 Å². The van der Waals surface area contributed by atoms with E-state index in [9.17, 15) is 4.79 Å². The van der Waals surface area contributed by atoms with Crippen LogP contribution in [0.5, 0.6) is 0 Å². The summed E-state index contributed by atoms with van der Waals surface area (Å²) in [7, 11) is 0. The van der Waals surface area contributed by atoms with Crippen molar-refractivity contribution in [1.82, 2.24) is 0 Å². The Morgan fingerprint density at radius 2 is 2.38 bits per heavy atom. The molecule has 46 valence electrons. The quantitative estimate of drug-likeness (QED) is 0.497. The number of hydrogen-bond acceptors (Lipinski definition) is 2. The lowest BCUT2D eigenvalue weighted by Crippen LogP contribution is -2.34. The molecule has 1 aliphatic rings. The largest absolute Gasteiger partial charge is 0.480 e. The lowest BCUT2D eigenvalue weighted by atomic mass is 10.2. The summed E-state index contributed by atoms with van der Waals surface area (Å²) in [6.45, 7) is 1.84. The first-order chi connectivity index (χ1) is 3.57. The predicted octanol–water partition coefficient (Wildman–Crippen LogP) is -0.192. The maximum atomic E-state index is 10.2. The van der Waals surface area contributed by atoms with Gasteiger partial charge < -0.3 is 10.8 Å². The van der Waals surface area contributed by atoms with Gasteiger partial charge in [-0.05, 0) is 12.3 Å². The summed E-state index contributed by atoms with van der Waals surface area (Å²) in [6.07, 6.45) is 0.627. The summed E-state index contributed by atoms with van der Waals surface area (Å²) in [5.74, 6) is -0.704. The fraction of sp³-hybridized carbons (Fsp3) is 0.800. The first-order valence-corrected chi connectivity index (χ1v) is 2.59. The highest BCUT2D eigenvalue weighted by atomic mass is 16.4. The summed E-state index contributed by atoms with van der Waals surface area (Å²) in [5, 5.41) is 8.36. The maximum absolute atomic E-state index is 10.2. The maximum Gasteiger partial charge on any atom is 0.323 e. The third kappa shape index (κ3) is 0.512. The van der Waals surface area contributed by atoms with Crippen molar-refractivity contribution < 1.29 is 9.90 Å². The van der Waals surface area contributed by atoms with E-state index < -0.39 is 11.5 Å². The van der Waals surface area contributed by atoms with Crippen LogP contribution in [0.1, 0.15) is 13.3 Å². The SMILES string of the molecule is C[C@@H]1C[C@]1(N)C(=O)O. The first kappa shape index (κ1) is 5.56. The minimum Gasteiger partial charge on any atom is -0.480 e. The smallest absolute Gasteiger partial charge is 0.323 e. The van der Waals surface area contributed by atoms with Gasteiger partial charge in [-0.2, -0.15) is 0 Å². The van der Waals surface area contributed by atoms with Crippen LogP contribution >= 0.6 is 0 Å². The Hall–Kier alpha value is -0.570. The molecule has 0 aromatic carbocycles. The third-order valence-corrected chi connectivity index (χ3v) is 1.76. The molecule has 1 fully saturated rings. The molecule has 0 saturated heterocycles. The number of rotatable bonds is 1. The van der Waals surface area contributed by atoms with Gasteiger partial charge in [-0.15, -0.1) is 0 Å². The number of carbonyl (C=O) groups is 1. The Morgan fingerprint density at radius 3 is 2.38 bits per heavy atom. The van der Waals surface area contributed by atoms with E-state index in [4.69, 9.17) is 10.8 Å². The van der Waals surface area contributed by atoms with E-state index >= 15 is 0 Å². The van der Waals surface area contributed by atoms with Gasteiger partial charge in [-0.1, -0.05) is 6.92 Å². The van der Waals surface area contributed by atoms with E-state index in [0.717, 1.165) is 0 Å². The molecule has 0 bridgehead atoms. The normalized spacial score (nSPS) is 44.0. The van der Waals surface area contributed by atoms with Crippen molar-refractivity contribution in [3.63, 3.8) is 0 Å². The molecule has 0 radical (unpaired) electrons. The minimum atomic E-state index is -0.875. The molecule has 0 aliphatic heterocycles. The van der Waals surface area contributed by atoms with Crippen molar-refractivity contribution in [2.45, 2.75) is 18.9 Å². The molecule has 3 nitrogen and oxygen atoms in total. The van der Waals surface area contributed by atoms with Crippen LogP contribution in [0.25, 0.3) is 0 Å². The van der Waals surface area contributed by atoms with Gasteiger partial charge in [0.25, 0.3) is 0 Å². The van der Waals surface area contributed by atoms with Gasteiger partial charge in [0.05, 0.1) is 0 Å². The molecule has 2 atom stereocenters. The monoisotopic (exact) mass is 115 g/mol. The Kier molecular flexibility index (Phi) is 0.854. The molecule has 0 heterocycles. The number of carboxylic acids is 1. The highest BCUT2D eigenvalue weighted by Crippen LogP contribution is 2.40. The number of carboxylic acid groups (broad SMARTS) is 1. The van der Waals surface area contributed by atoms with Crippen LogP contribution in [-0.2, 0) is 4.79 Å². The molecular weight excluding hydrogens is 106 g/mol. The van der Waals surface area contributed by atoms with Crippen LogP contribution in [0.4, 0.5) is 0 Å². The minimum absolute atomic E-state index is 0.167. The van der Waals surface area contributed by atoms with E-state index in [0.29, 0.717) is 6.42 Å². The summed E-state index contributed by atoms with van der Waals surface area (Å²) < 4.78 is 0. The van der Waals surface area contributed by atoms with Gasteiger partial charge in [0.15, 0.2) is 0 Å². The predicted molar refractivity (Wildman–Crippen MR) is 28.3 cm³/mol. The van der Waals surface area contributed by atoms with E-state index in [2.05, 4.69) is 0 Å². The molecular formula is C5H9NO2. The number of hydrogen-bond donors (Lipinski definition) is 2. The molecule has 0 spiro atoms. The third-order valence-electron chi connectivity index (χ3n) is 1.76. The fourth-order valence-electron chi connectivity index (χ4n) is 0.746. The Balaban J connectivity index is 2.60. The zero-order chi connectivity index (χ0) is 6.36. The van der Waals surface area contributed by atoms with Crippen molar-refractivity contribution in [2.75, 3.05) is 0 Å². The Morgan fingerprint density at radius 1 is 2.00 bits per heavy atom. The molecule has 0 amide bonds. The summed E-state index contributed by atoms with van der Waals surface area (Å²) in [6, 6.07) is 0. The Bertz CT molecular complexity index is 134. The van der Waals surface area contributed by atoms with Gasteiger partial charge in [-0.25, -0.2) is 0 Å². The van der Waals surface area contributed by atoms with Crippen molar-refractivity contribution in [3.05, 3.63) is 0 Å². The zero-order valence-electron chi connectivity index (χ0n) is 4.72. The molecule has 1 rings (SSSR count). The second-order valence-corrected chi connectivity index (χ2v) is 2.45. The van der Waals surface area contributed by atoms with Gasteiger partial charge in [0.1, 0.15) is 5.54 Å². The molecule has 1 aliphatic carbocycles. The van der Waals surface area contributed by atoms with E-state index in [1.807, 2.05) is 6.92 Å². The lowest BCUT2D eigenvalue weighted by Gasteiger charge is -1.98. The average Bonchev–Trinajstić information content (AvgIpc) is 2.17. The molecule has 0 aromatic heterocycles. The van der Waals surface area contributed by atoms with Crippen molar-refractivity contribution in [2.24, 2.45) is 11.7 Å². The van der Waals surface area contributed by atoms with Gasteiger partial charge >= 0.3 is 5.97 Å². The summed E-state index contributed by atoms with van der Waals surface area (Å²) >= 11 is 0. The summed E-state index contributed by atoms with van der Waals surface area (Å²) in [4.78, 5) is 10.2. The molecule has 3 heteroatoms. The fourth-order valence-corrected chi connectivity index (χ4v) is 0.746. The van der Waals surface area contributed by atoms with Crippen LogP contribution in [0.2, 0.25) is 0 Å². The van der Waals surface area contributed by atoms with Crippen molar-refractivity contribution in [1.29, 1.82) is 0 Å². The summed E-state index contributed by atoms with van der Waals surface area (Å²) in [5.41, 5.74) is 4.46. The number of aliphatic carboxylic acids is 1. The second-order valence-electron chi connectivity index (χ2n) is 2.45. The molecule has 8 heavy (non-hydrogen) atoms. The van der Waals surface area contributed by atoms with Gasteiger partial charge in [-0.3, -0.25) is 4.79 Å². The van der Waals surface area contributed by atoms with Crippen molar-refractivity contribution in [3.8, 4) is 0 Å². The van der Waals surface area contributed by atoms with Crippen LogP contribution in [-0.4, -0.2) is 16.6 Å². The van der Waals surface area contributed by atoms with E-state index in [1.54, 1.807) is 0 Å². The lowest BCUT2D eigenvalue weighted by molar-refractivity contribution is -0.140. The van der Waals surface area contributed by atoms with Crippen molar-refractivity contribution >= 4 is 5.97 Å². The molecule has 0 aromatic rings. The first-order valence-electron chi connectivity index (χ1n) is 2.59. The Labute approximate surface area is 47.5 Å². The van der Waals surface area contributed by atoms with E-state index in [1.165, 1.54) is 0 Å². The average molecular weight is 115 g/mol. The molecule has 0 unspecified atom stereocenters. The standard InChI is InChI=1S/C5H9NO2/c1-3-2-5(3,6)4(7)8/h3H,2,6H2,1H3,(H,7,8)/t3-,5-/m1/s1. The second kappa shape index (κ2) is 1.23. The molecule has 1 saturated carbocycles. The van der Waals surface area contributed by atoms with Gasteiger partial charge in [0.2, 0.25) is 0 Å².